The molecule has 2 N–H and O–H groups in total. The monoisotopic (exact) mass is 331 g/mol. The van der Waals surface area contributed by atoms with Crippen LogP contribution in [-0.2, 0) is 14.3 Å². The van der Waals surface area contributed by atoms with Crippen molar-refractivity contribution in [3.63, 3.8) is 0 Å². The molecule has 0 saturated heterocycles. The number of carboxylic acids is 1. The number of aliphatic carboxylic acids is 1. The van der Waals surface area contributed by atoms with Crippen molar-refractivity contribution in [3.8, 4) is 0 Å². The van der Waals surface area contributed by atoms with Crippen LogP contribution < -0.4 is 5.32 Å². The second kappa shape index (κ2) is 7.74. The van der Waals surface area contributed by atoms with E-state index in [1.807, 2.05) is 5.32 Å². The molecule has 0 aromatic heterocycles. The van der Waals surface area contributed by atoms with E-state index in [0.717, 1.165) is 18.2 Å². The summed E-state index contributed by atoms with van der Waals surface area (Å²) in [5.41, 5.74) is -0.274. The molecule has 1 amide bonds. The number of carbonyl (C=O) groups is 3. The highest BCUT2D eigenvalue weighted by Gasteiger charge is 2.31. The second-order valence-corrected chi connectivity index (χ2v) is 4.93. The van der Waals surface area contributed by atoms with Crippen LogP contribution in [0.4, 0.5) is 4.39 Å². The third kappa shape index (κ3) is 4.70. The number of amides is 1. The minimum absolute atomic E-state index is 0.0710. The molecule has 1 aromatic rings. The first-order valence-electron chi connectivity index (χ1n) is 6.45. The molecule has 1 aromatic carbocycles. The van der Waals surface area contributed by atoms with E-state index in [-0.39, 0.29) is 10.6 Å². The average molecular weight is 332 g/mol. The Balaban J connectivity index is 2.91. The Morgan fingerprint density at radius 3 is 2.59 bits per heavy atom. The van der Waals surface area contributed by atoms with Gasteiger partial charge in [0.25, 0.3) is 5.91 Å². The molecule has 2 unspecified atom stereocenters. The van der Waals surface area contributed by atoms with Gasteiger partial charge < -0.3 is 15.2 Å². The number of nitrogens with one attached hydrogen (secondary N) is 1. The van der Waals surface area contributed by atoms with Crippen LogP contribution in [0.5, 0.6) is 0 Å². The highest BCUT2D eigenvalue weighted by Crippen LogP contribution is 2.17. The van der Waals surface area contributed by atoms with Gasteiger partial charge in [-0.1, -0.05) is 18.5 Å². The molecule has 8 heteroatoms. The van der Waals surface area contributed by atoms with E-state index in [9.17, 15) is 18.8 Å². The van der Waals surface area contributed by atoms with Crippen molar-refractivity contribution in [1.29, 1.82) is 0 Å². The molecule has 2 atom stereocenters. The highest BCUT2D eigenvalue weighted by molar-refractivity contribution is 6.34. The molecule has 120 valence electrons. The predicted octanol–water partition coefficient (Wildman–Crippen LogP) is 2.00. The zero-order chi connectivity index (χ0) is 16.9. The van der Waals surface area contributed by atoms with Gasteiger partial charge in [0.1, 0.15) is 5.82 Å². The Kier molecular flexibility index (Phi) is 6.30. The van der Waals surface area contributed by atoms with Crippen molar-refractivity contribution in [3.05, 3.63) is 34.6 Å². The quantitative estimate of drug-likeness (QED) is 0.614. The number of hydrogen-bond acceptors (Lipinski definition) is 4. The van der Waals surface area contributed by atoms with Crippen molar-refractivity contribution in [2.75, 3.05) is 0 Å². The summed E-state index contributed by atoms with van der Waals surface area (Å²) in [5, 5.41) is 10.9. The minimum Gasteiger partial charge on any atom is -0.479 e. The van der Waals surface area contributed by atoms with Crippen LogP contribution in [0.15, 0.2) is 18.2 Å². The molecule has 0 bridgehead atoms. The number of ether oxygens (including phenoxy) is 1. The number of halogens is 2. The smallest absolute Gasteiger partial charge is 0.340 e. The van der Waals surface area contributed by atoms with Crippen LogP contribution in [0.3, 0.4) is 0 Å². The summed E-state index contributed by atoms with van der Waals surface area (Å²) in [7, 11) is 0. The molecule has 0 aliphatic rings. The van der Waals surface area contributed by atoms with Gasteiger partial charge in [-0.15, -0.1) is 0 Å². The fourth-order valence-electron chi connectivity index (χ4n) is 1.45. The molecule has 1 rings (SSSR count). The maximum absolute atomic E-state index is 13.1. The number of benzene rings is 1. The number of hydrogen-bond donors (Lipinski definition) is 2. The molecule has 22 heavy (non-hydrogen) atoms. The Morgan fingerprint density at radius 1 is 1.41 bits per heavy atom. The largest absolute Gasteiger partial charge is 0.479 e. The average Bonchev–Trinajstić information content (AvgIpc) is 2.46. The molecule has 0 spiro atoms. The Hall–Kier alpha value is -2.15. The Labute approximate surface area is 131 Å². The topological polar surface area (TPSA) is 92.7 Å². The Morgan fingerprint density at radius 2 is 2.05 bits per heavy atom. The van der Waals surface area contributed by atoms with Gasteiger partial charge in [-0.25, -0.2) is 14.0 Å². The van der Waals surface area contributed by atoms with E-state index in [4.69, 9.17) is 21.4 Å². The van der Waals surface area contributed by atoms with Crippen molar-refractivity contribution in [2.45, 2.75) is 32.4 Å². The maximum atomic E-state index is 13.1. The van der Waals surface area contributed by atoms with Gasteiger partial charge in [0.2, 0.25) is 6.04 Å². The van der Waals surface area contributed by atoms with Gasteiger partial charge in [-0.2, -0.15) is 0 Å². The minimum atomic E-state index is -1.90. The zero-order valence-electron chi connectivity index (χ0n) is 11.9. The number of carboxylic acid groups (broad SMARTS) is 1. The van der Waals surface area contributed by atoms with Crippen molar-refractivity contribution in [2.24, 2.45) is 0 Å². The Bertz CT molecular complexity index is 593. The maximum Gasteiger partial charge on any atom is 0.340 e. The van der Waals surface area contributed by atoms with Crippen LogP contribution in [0, 0.1) is 5.82 Å². The molecule has 0 saturated carbocycles. The van der Waals surface area contributed by atoms with E-state index < -0.39 is 35.8 Å². The highest BCUT2D eigenvalue weighted by atomic mass is 35.5. The molecule has 0 radical (unpaired) electrons. The van der Waals surface area contributed by atoms with Gasteiger partial charge in [0, 0.05) is 0 Å². The van der Waals surface area contributed by atoms with Crippen molar-refractivity contribution in [1.82, 2.24) is 5.32 Å². The summed E-state index contributed by atoms with van der Waals surface area (Å²) in [6, 6.07) is 1.14. The zero-order valence-corrected chi connectivity index (χ0v) is 12.7. The molecule has 0 fully saturated rings. The summed E-state index contributed by atoms with van der Waals surface area (Å²) >= 11 is 5.75. The molecule has 0 heterocycles. The van der Waals surface area contributed by atoms with Crippen molar-refractivity contribution < 1.29 is 28.6 Å². The predicted molar refractivity (Wildman–Crippen MR) is 76.1 cm³/mol. The first kappa shape index (κ1) is 17.9. The third-order valence-corrected chi connectivity index (χ3v) is 3.15. The third-order valence-electron chi connectivity index (χ3n) is 2.82. The summed E-state index contributed by atoms with van der Waals surface area (Å²) in [5.74, 6) is -4.40. The van der Waals surface area contributed by atoms with Gasteiger partial charge >= 0.3 is 11.9 Å². The van der Waals surface area contributed by atoms with Gasteiger partial charge in [0.05, 0.1) is 16.7 Å². The fourth-order valence-corrected chi connectivity index (χ4v) is 1.65. The molecule has 0 aliphatic carbocycles. The molecule has 0 aliphatic heterocycles. The molecular formula is C14H15ClFNO5. The molecular weight excluding hydrogens is 317 g/mol. The van der Waals surface area contributed by atoms with Crippen LogP contribution in [-0.4, -0.2) is 35.1 Å². The summed E-state index contributed by atoms with van der Waals surface area (Å²) in [4.78, 5) is 34.8. The standard InChI is InChI=1S/C14H15ClFNO5/c1-3-7(2)22-14(21)11(13(19)20)17-12(18)9-6-8(16)4-5-10(9)15/h4-7,11H,3H2,1-2H3,(H,17,18)(H,19,20). The summed E-state index contributed by atoms with van der Waals surface area (Å²) < 4.78 is 18.0. The lowest BCUT2D eigenvalue weighted by atomic mass is 10.2. The second-order valence-electron chi connectivity index (χ2n) is 4.52. The number of rotatable bonds is 6. The first-order valence-corrected chi connectivity index (χ1v) is 6.83. The van der Waals surface area contributed by atoms with E-state index in [1.165, 1.54) is 0 Å². The van der Waals surface area contributed by atoms with Gasteiger partial charge in [0.15, 0.2) is 0 Å². The van der Waals surface area contributed by atoms with Crippen LogP contribution in [0.2, 0.25) is 5.02 Å². The first-order chi connectivity index (χ1) is 10.3. The van der Waals surface area contributed by atoms with E-state index >= 15 is 0 Å². The summed E-state index contributed by atoms with van der Waals surface area (Å²) in [6.07, 6.45) is -0.00844. The lowest BCUT2D eigenvalue weighted by Gasteiger charge is -2.17. The number of esters is 1. The molecule has 6 nitrogen and oxygen atoms in total. The lowest BCUT2D eigenvalue weighted by molar-refractivity contribution is -0.158. The van der Waals surface area contributed by atoms with Crippen LogP contribution in [0.1, 0.15) is 30.6 Å². The normalized spacial score (nSPS) is 13.1. The van der Waals surface area contributed by atoms with Crippen molar-refractivity contribution >= 4 is 29.4 Å². The SMILES string of the molecule is CCC(C)OC(=O)C(NC(=O)c1cc(F)ccc1Cl)C(=O)O. The fraction of sp³-hybridized carbons (Fsp3) is 0.357. The van der Waals surface area contributed by atoms with E-state index in [1.54, 1.807) is 13.8 Å². The van der Waals surface area contributed by atoms with Gasteiger partial charge in [-0.05, 0) is 31.5 Å². The van der Waals surface area contributed by atoms with Crippen LogP contribution >= 0.6 is 11.6 Å². The van der Waals surface area contributed by atoms with Crippen LogP contribution in [0.25, 0.3) is 0 Å². The van der Waals surface area contributed by atoms with E-state index in [2.05, 4.69) is 0 Å². The van der Waals surface area contributed by atoms with Gasteiger partial charge in [-0.3, -0.25) is 4.79 Å². The van der Waals surface area contributed by atoms with E-state index in [0.29, 0.717) is 6.42 Å². The lowest BCUT2D eigenvalue weighted by Crippen LogP contribution is -2.48. The summed E-state index contributed by atoms with van der Waals surface area (Å²) in [6.45, 7) is 3.33. The number of carbonyl (C=O) groups excluding carboxylic acids is 2.